The van der Waals surface area contributed by atoms with Crippen LogP contribution in [0.1, 0.15) is 11.1 Å². The van der Waals surface area contributed by atoms with Crippen molar-refractivity contribution in [2.75, 3.05) is 7.11 Å². The summed E-state index contributed by atoms with van der Waals surface area (Å²) in [5, 5.41) is 0. The SMILES string of the molecule is COc1cc(Br)c(Oc2ccc(CCl)c(C)c2)cc1Br. The van der Waals surface area contributed by atoms with Gasteiger partial charge < -0.3 is 9.47 Å². The first-order valence-electron chi connectivity index (χ1n) is 5.91. The Bertz CT molecular complexity index is 630. The van der Waals surface area contributed by atoms with Crippen molar-refractivity contribution in [3.05, 3.63) is 50.4 Å². The van der Waals surface area contributed by atoms with Crippen LogP contribution in [-0.2, 0) is 5.88 Å². The summed E-state index contributed by atoms with van der Waals surface area (Å²) in [6.45, 7) is 2.02. The summed E-state index contributed by atoms with van der Waals surface area (Å²) in [6, 6.07) is 9.59. The van der Waals surface area contributed by atoms with Gasteiger partial charge in [0.1, 0.15) is 17.2 Å². The van der Waals surface area contributed by atoms with Gasteiger partial charge in [-0.05, 0) is 74.2 Å². The normalized spacial score (nSPS) is 10.4. The Balaban J connectivity index is 2.30. The maximum absolute atomic E-state index is 5.89. The zero-order valence-electron chi connectivity index (χ0n) is 11.0. The molecule has 0 N–H and O–H groups in total. The average molecular weight is 421 g/mol. The van der Waals surface area contributed by atoms with Crippen LogP contribution < -0.4 is 9.47 Å². The molecule has 0 atom stereocenters. The number of halogens is 3. The minimum Gasteiger partial charge on any atom is -0.496 e. The van der Waals surface area contributed by atoms with Gasteiger partial charge in [-0.25, -0.2) is 0 Å². The van der Waals surface area contributed by atoms with Gasteiger partial charge in [-0.2, -0.15) is 0 Å². The lowest BCUT2D eigenvalue weighted by atomic mass is 10.1. The Morgan fingerprint density at radius 2 is 1.70 bits per heavy atom. The lowest BCUT2D eigenvalue weighted by Gasteiger charge is -2.12. The average Bonchev–Trinajstić information content (AvgIpc) is 2.42. The molecule has 2 rings (SSSR count). The van der Waals surface area contributed by atoms with Gasteiger partial charge in [0.15, 0.2) is 0 Å². The molecule has 0 saturated carbocycles. The van der Waals surface area contributed by atoms with Crippen LogP contribution in [0.15, 0.2) is 39.3 Å². The summed E-state index contributed by atoms with van der Waals surface area (Å²) in [4.78, 5) is 0. The summed E-state index contributed by atoms with van der Waals surface area (Å²) in [5.74, 6) is 2.74. The van der Waals surface area contributed by atoms with Gasteiger partial charge in [-0.1, -0.05) is 6.07 Å². The second kappa shape index (κ2) is 6.83. The molecule has 0 aliphatic heterocycles. The molecule has 0 heterocycles. The molecule has 2 nitrogen and oxygen atoms in total. The fourth-order valence-electron chi connectivity index (χ4n) is 1.75. The molecule has 5 heteroatoms. The Morgan fingerprint density at radius 3 is 2.30 bits per heavy atom. The zero-order valence-corrected chi connectivity index (χ0v) is 15.0. The second-order valence-corrected chi connectivity index (χ2v) is 6.22. The molecule has 2 aromatic carbocycles. The van der Waals surface area contributed by atoms with E-state index in [0.29, 0.717) is 5.88 Å². The maximum atomic E-state index is 5.89. The van der Waals surface area contributed by atoms with E-state index in [-0.39, 0.29) is 0 Å². The molecular formula is C15H13Br2ClO2. The van der Waals surface area contributed by atoms with Gasteiger partial charge >= 0.3 is 0 Å². The summed E-state index contributed by atoms with van der Waals surface area (Å²) < 4.78 is 12.8. The van der Waals surface area contributed by atoms with Crippen molar-refractivity contribution in [3.63, 3.8) is 0 Å². The molecule has 0 radical (unpaired) electrons. The number of rotatable bonds is 4. The van der Waals surface area contributed by atoms with E-state index in [1.54, 1.807) is 7.11 Å². The predicted octanol–water partition coefficient (Wildman–Crippen LogP) is 6.06. The summed E-state index contributed by atoms with van der Waals surface area (Å²) in [6.07, 6.45) is 0. The van der Waals surface area contributed by atoms with Gasteiger partial charge in [-0.15, -0.1) is 11.6 Å². The first-order valence-corrected chi connectivity index (χ1v) is 8.03. The first-order chi connectivity index (χ1) is 9.55. The molecule has 0 spiro atoms. The topological polar surface area (TPSA) is 18.5 Å². The number of aryl methyl sites for hydroxylation is 1. The molecule has 0 aliphatic rings. The van der Waals surface area contributed by atoms with E-state index in [4.69, 9.17) is 21.1 Å². The predicted molar refractivity (Wildman–Crippen MR) is 89.2 cm³/mol. The van der Waals surface area contributed by atoms with Crippen molar-refractivity contribution in [1.82, 2.24) is 0 Å². The molecule has 0 fully saturated rings. The van der Waals surface area contributed by atoms with Crippen LogP contribution in [0.2, 0.25) is 0 Å². The molecule has 0 bridgehead atoms. The Labute approximate surface area is 140 Å². The van der Waals surface area contributed by atoms with Crippen LogP contribution in [0.5, 0.6) is 17.2 Å². The van der Waals surface area contributed by atoms with Gasteiger partial charge in [0.2, 0.25) is 0 Å². The van der Waals surface area contributed by atoms with Crippen molar-refractivity contribution >= 4 is 43.5 Å². The standard InChI is InChI=1S/C15H13Br2ClO2/c1-9-5-11(4-3-10(9)8-18)20-15-7-12(16)14(19-2)6-13(15)17/h3-7H,8H2,1-2H3. The third kappa shape index (κ3) is 3.48. The third-order valence-electron chi connectivity index (χ3n) is 2.89. The highest BCUT2D eigenvalue weighted by molar-refractivity contribution is 9.11. The second-order valence-electron chi connectivity index (χ2n) is 4.24. The smallest absolute Gasteiger partial charge is 0.143 e. The minimum absolute atomic E-state index is 0.504. The fourth-order valence-corrected chi connectivity index (χ4v) is 2.94. The van der Waals surface area contributed by atoms with Crippen LogP contribution in [0, 0.1) is 6.92 Å². The van der Waals surface area contributed by atoms with Crippen LogP contribution in [0.3, 0.4) is 0 Å². The van der Waals surface area contributed by atoms with E-state index in [1.165, 1.54) is 0 Å². The Kier molecular flexibility index (Phi) is 5.35. The highest BCUT2D eigenvalue weighted by atomic mass is 79.9. The highest BCUT2D eigenvalue weighted by Gasteiger charge is 2.10. The Morgan fingerprint density at radius 1 is 1.05 bits per heavy atom. The molecule has 106 valence electrons. The van der Waals surface area contributed by atoms with Crippen LogP contribution in [-0.4, -0.2) is 7.11 Å². The fraction of sp³-hybridized carbons (Fsp3) is 0.200. The number of alkyl halides is 1. The molecule has 0 aromatic heterocycles. The van der Waals surface area contributed by atoms with Crippen molar-refractivity contribution in [2.24, 2.45) is 0 Å². The molecule has 2 aromatic rings. The lowest BCUT2D eigenvalue weighted by molar-refractivity contribution is 0.409. The van der Waals surface area contributed by atoms with Gasteiger partial charge in [0.05, 0.1) is 16.1 Å². The van der Waals surface area contributed by atoms with Gasteiger partial charge in [0.25, 0.3) is 0 Å². The number of methoxy groups -OCH3 is 1. The van der Waals surface area contributed by atoms with Crippen molar-refractivity contribution < 1.29 is 9.47 Å². The van der Waals surface area contributed by atoms with E-state index in [1.807, 2.05) is 37.3 Å². The molecular weight excluding hydrogens is 407 g/mol. The largest absolute Gasteiger partial charge is 0.496 e. The first kappa shape index (κ1) is 15.7. The molecule has 20 heavy (non-hydrogen) atoms. The van der Waals surface area contributed by atoms with Crippen molar-refractivity contribution in [1.29, 1.82) is 0 Å². The van der Waals surface area contributed by atoms with E-state index < -0.39 is 0 Å². The lowest BCUT2D eigenvalue weighted by Crippen LogP contribution is -1.91. The maximum Gasteiger partial charge on any atom is 0.143 e. The minimum atomic E-state index is 0.504. The number of hydrogen-bond acceptors (Lipinski definition) is 2. The third-order valence-corrected chi connectivity index (χ3v) is 4.42. The zero-order chi connectivity index (χ0) is 14.7. The van der Waals surface area contributed by atoms with Gasteiger partial charge in [0, 0.05) is 5.88 Å². The van der Waals surface area contributed by atoms with E-state index in [9.17, 15) is 0 Å². The number of hydrogen-bond donors (Lipinski definition) is 0. The summed E-state index contributed by atoms with van der Waals surface area (Å²) in [5.41, 5.74) is 2.22. The van der Waals surface area contributed by atoms with Gasteiger partial charge in [-0.3, -0.25) is 0 Å². The van der Waals surface area contributed by atoms with Crippen LogP contribution in [0.25, 0.3) is 0 Å². The van der Waals surface area contributed by atoms with Crippen LogP contribution >= 0.6 is 43.5 Å². The van der Waals surface area contributed by atoms with Crippen molar-refractivity contribution in [2.45, 2.75) is 12.8 Å². The molecule has 0 aliphatic carbocycles. The highest BCUT2D eigenvalue weighted by Crippen LogP contribution is 2.38. The van der Waals surface area contributed by atoms with E-state index in [2.05, 4.69) is 31.9 Å². The van der Waals surface area contributed by atoms with Crippen LogP contribution in [0.4, 0.5) is 0 Å². The molecule has 0 saturated heterocycles. The summed E-state index contributed by atoms with van der Waals surface area (Å²) in [7, 11) is 1.63. The number of benzene rings is 2. The van der Waals surface area contributed by atoms with E-state index in [0.717, 1.165) is 37.3 Å². The quantitative estimate of drug-likeness (QED) is 0.560. The monoisotopic (exact) mass is 418 g/mol. The molecule has 0 unspecified atom stereocenters. The molecule has 0 amide bonds. The van der Waals surface area contributed by atoms with E-state index >= 15 is 0 Å². The summed E-state index contributed by atoms with van der Waals surface area (Å²) >= 11 is 12.8. The Hall–Kier alpha value is -0.710. The number of ether oxygens (including phenoxy) is 2. The van der Waals surface area contributed by atoms with Crippen molar-refractivity contribution in [3.8, 4) is 17.2 Å².